The van der Waals surface area contributed by atoms with Crippen molar-refractivity contribution < 1.29 is 9.59 Å². The minimum Gasteiger partial charge on any atom is -0.345 e. The van der Waals surface area contributed by atoms with Crippen molar-refractivity contribution in [1.29, 1.82) is 0 Å². The predicted octanol–water partition coefficient (Wildman–Crippen LogP) is 4.10. The number of nitrogens with one attached hydrogen (secondary N) is 1. The fourth-order valence-corrected chi connectivity index (χ4v) is 2.62. The fraction of sp³-hybridized carbons (Fsp3) is 0.190. The lowest BCUT2D eigenvalue weighted by Gasteiger charge is -2.15. The van der Waals surface area contributed by atoms with Crippen LogP contribution in [0.5, 0.6) is 0 Å². The molecule has 1 atom stereocenters. The Hall–Kier alpha value is -3.21. The lowest BCUT2D eigenvalue weighted by atomic mass is 10.0. The average molecular weight is 349 g/mol. The van der Waals surface area contributed by atoms with Crippen LogP contribution < -0.4 is 5.32 Å². The van der Waals surface area contributed by atoms with Gasteiger partial charge in [-0.05, 0) is 44.6 Å². The second kappa shape index (κ2) is 8.25. The number of carbonyl (C=O) groups excluding carboxylic acids is 2. The standard InChI is InChI=1S/C21H23N3O2/c1-6-9-19(7-2)24-15(4)20(13-22-24)21(26)23-14(3)17-10-8-11-18(12-17)16(5)25/h6-14H,1-2H2,3-5H3,(H,23,26). The van der Waals surface area contributed by atoms with E-state index in [1.54, 1.807) is 35.0 Å². The maximum Gasteiger partial charge on any atom is 0.255 e. The third kappa shape index (κ3) is 4.06. The first kappa shape index (κ1) is 19.1. The van der Waals surface area contributed by atoms with Crippen LogP contribution in [0.25, 0.3) is 5.70 Å². The number of hydrogen-bond acceptors (Lipinski definition) is 3. The van der Waals surface area contributed by atoms with E-state index in [2.05, 4.69) is 23.6 Å². The number of aromatic nitrogens is 2. The summed E-state index contributed by atoms with van der Waals surface area (Å²) in [5.41, 5.74) is 3.42. The summed E-state index contributed by atoms with van der Waals surface area (Å²) in [6, 6.07) is 7.01. The molecule has 0 saturated heterocycles. The Morgan fingerprint density at radius 3 is 2.65 bits per heavy atom. The highest BCUT2D eigenvalue weighted by atomic mass is 16.1. The summed E-state index contributed by atoms with van der Waals surface area (Å²) < 4.78 is 1.64. The first-order valence-electron chi connectivity index (χ1n) is 8.31. The zero-order chi connectivity index (χ0) is 19.3. The van der Waals surface area contributed by atoms with Gasteiger partial charge in [-0.1, -0.05) is 37.4 Å². The number of benzene rings is 1. The molecule has 134 valence electrons. The van der Waals surface area contributed by atoms with Gasteiger partial charge in [-0.15, -0.1) is 0 Å². The molecule has 5 nitrogen and oxygen atoms in total. The molecule has 1 heterocycles. The molecule has 2 rings (SSSR count). The SMILES string of the molecule is C=CC=C(C=C)n1ncc(C(=O)NC(C)c2cccc(C(C)=O)c2)c1C. The van der Waals surface area contributed by atoms with Crippen molar-refractivity contribution in [1.82, 2.24) is 15.1 Å². The van der Waals surface area contributed by atoms with Crippen LogP contribution in [-0.4, -0.2) is 21.5 Å². The van der Waals surface area contributed by atoms with Gasteiger partial charge in [-0.25, -0.2) is 4.68 Å². The first-order valence-corrected chi connectivity index (χ1v) is 8.31. The van der Waals surface area contributed by atoms with Crippen molar-refractivity contribution in [2.75, 3.05) is 0 Å². The predicted molar refractivity (Wildman–Crippen MR) is 104 cm³/mol. The van der Waals surface area contributed by atoms with Crippen molar-refractivity contribution >= 4 is 17.4 Å². The van der Waals surface area contributed by atoms with Crippen LogP contribution in [0.3, 0.4) is 0 Å². The summed E-state index contributed by atoms with van der Waals surface area (Å²) in [5.74, 6) is -0.232. The zero-order valence-corrected chi connectivity index (χ0v) is 15.3. The number of hydrogen-bond donors (Lipinski definition) is 1. The molecule has 0 bridgehead atoms. The molecule has 0 aliphatic carbocycles. The summed E-state index contributed by atoms with van der Waals surface area (Å²) >= 11 is 0. The van der Waals surface area contributed by atoms with E-state index >= 15 is 0 Å². The molecule has 0 spiro atoms. The van der Waals surface area contributed by atoms with E-state index in [0.29, 0.717) is 16.8 Å². The highest BCUT2D eigenvalue weighted by Gasteiger charge is 2.18. The van der Waals surface area contributed by atoms with Gasteiger partial charge in [0, 0.05) is 5.56 Å². The summed E-state index contributed by atoms with van der Waals surface area (Å²) in [5, 5.41) is 7.22. The third-order valence-electron chi connectivity index (χ3n) is 4.14. The quantitative estimate of drug-likeness (QED) is 0.605. The Kier molecular flexibility index (Phi) is 6.07. The van der Waals surface area contributed by atoms with Gasteiger partial charge in [0.05, 0.1) is 29.2 Å². The number of Topliss-reactive ketones (excluding diaryl/α,β-unsaturated/α-hetero) is 1. The molecule has 26 heavy (non-hydrogen) atoms. The van der Waals surface area contributed by atoms with Crippen LogP contribution in [-0.2, 0) is 0 Å². The average Bonchev–Trinajstić information content (AvgIpc) is 3.01. The molecule has 1 aromatic carbocycles. The van der Waals surface area contributed by atoms with Gasteiger partial charge in [-0.2, -0.15) is 5.10 Å². The molecular weight excluding hydrogens is 326 g/mol. The molecule has 5 heteroatoms. The van der Waals surface area contributed by atoms with Gasteiger partial charge in [0.15, 0.2) is 5.78 Å². The topological polar surface area (TPSA) is 64.0 Å². The van der Waals surface area contributed by atoms with Gasteiger partial charge >= 0.3 is 0 Å². The van der Waals surface area contributed by atoms with Crippen LogP contribution in [0, 0.1) is 6.92 Å². The van der Waals surface area contributed by atoms with E-state index in [9.17, 15) is 9.59 Å². The van der Waals surface area contributed by atoms with E-state index in [1.807, 2.05) is 26.0 Å². The van der Waals surface area contributed by atoms with Crippen molar-refractivity contribution in [3.05, 3.63) is 84.2 Å². The van der Waals surface area contributed by atoms with E-state index in [0.717, 1.165) is 11.3 Å². The van der Waals surface area contributed by atoms with Crippen LogP contribution in [0.4, 0.5) is 0 Å². The van der Waals surface area contributed by atoms with Crippen LogP contribution in [0.2, 0.25) is 0 Å². The maximum absolute atomic E-state index is 12.7. The Balaban J connectivity index is 2.23. The highest BCUT2D eigenvalue weighted by Crippen LogP contribution is 2.18. The monoisotopic (exact) mass is 349 g/mol. The van der Waals surface area contributed by atoms with Crippen LogP contribution in [0.1, 0.15) is 51.9 Å². The highest BCUT2D eigenvalue weighted by molar-refractivity contribution is 5.96. The maximum atomic E-state index is 12.7. The van der Waals surface area contributed by atoms with E-state index in [1.165, 1.54) is 13.1 Å². The Bertz CT molecular complexity index is 890. The van der Waals surface area contributed by atoms with E-state index in [4.69, 9.17) is 0 Å². The molecule has 1 amide bonds. The minimum absolute atomic E-state index is 0.00606. The van der Waals surface area contributed by atoms with Gasteiger partial charge in [-0.3, -0.25) is 9.59 Å². The van der Waals surface area contributed by atoms with Crippen LogP contribution >= 0.6 is 0 Å². The number of carbonyl (C=O) groups is 2. The molecule has 1 N–H and O–H groups in total. The van der Waals surface area contributed by atoms with Gasteiger partial charge in [0.1, 0.15) is 0 Å². The normalized spacial score (nSPS) is 12.3. The lowest BCUT2D eigenvalue weighted by molar-refractivity contribution is 0.0939. The zero-order valence-electron chi connectivity index (χ0n) is 15.3. The number of allylic oxidation sites excluding steroid dienone is 4. The van der Waals surface area contributed by atoms with E-state index in [-0.39, 0.29) is 17.7 Å². The minimum atomic E-state index is -0.243. The fourth-order valence-electron chi connectivity index (χ4n) is 2.62. The third-order valence-corrected chi connectivity index (χ3v) is 4.14. The second-order valence-corrected chi connectivity index (χ2v) is 5.96. The van der Waals surface area contributed by atoms with Crippen molar-refractivity contribution in [3.63, 3.8) is 0 Å². The largest absolute Gasteiger partial charge is 0.345 e. The van der Waals surface area contributed by atoms with Gasteiger partial charge < -0.3 is 5.32 Å². The summed E-state index contributed by atoms with van der Waals surface area (Å²) in [7, 11) is 0. The summed E-state index contributed by atoms with van der Waals surface area (Å²) in [6.07, 6.45) is 6.59. The molecule has 0 radical (unpaired) electrons. The Morgan fingerprint density at radius 2 is 2.04 bits per heavy atom. The molecule has 0 fully saturated rings. The number of nitrogens with zero attached hydrogens (tertiary/aromatic N) is 2. The number of rotatable bonds is 7. The Morgan fingerprint density at radius 1 is 1.31 bits per heavy atom. The molecule has 0 aliphatic rings. The molecular formula is C21H23N3O2. The Labute approximate surface area is 153 Å². The summed E-state index contributed by atoms with van der Waals surface area (Å²) in [6.45, 7) is 12.6. The number of ketones is 1. The van der Waals surface area contributed by atoms with Crippen LogP contribution in [0.15, 0.2) is 61.8 Å². The van der Waals surface area contributed by atoms with Crippen molar-refractivity contribution in [2.24, 2.45) is 0 Å². The molecule has 2 aromatic rings. The molecule has 0 aliphatic heterocycles. The van der Waals surface area contributed by atoms with Gasteiger partial charge in [0.2, 0.25) is 0 Å². The van der Waals surface area contributed by atoms with Crippen molar-refractivity contribution in [3.8, 4) is 0 Å². The molecule has 1 unspecified atom stereocenters. The van der Waals surface area contributed by atoms with Crippen molar-refractivity contribution in [2.45, 2.75) is 26.8 Å². The second-order valence-electron chi connectivity index (χ2n) is 5.96. The summed E-state index contributed by atoms with van der Waals surface area (Å²) in [4.78, 5) is 24.2. The first-order chi connectivity index (χ1) is 12.4. The lowest BCUT2D eigenvalue weighted by Crippen LogP contribution is -2.27. The molecule has 0 saturated carbocycles. The number of amides is 1. The molecule has 1 aromatic heterocycles. The smallest absolute Gasteiger partial charge is 0.255 e. The van der Waals surface area contributed by atoms with Gasteiger partial charge in [0.25, 0.3) is 5.91 Å². The van der Waals surface area contributed by atoms with E-state index < -0.39 is 0 Å².